The number of carbonyl (C=O) groups is 6. The van der Waals surface area contributed by atoms with Crippen molar-refractivity contribution in [3.05, 3.63) is 0 Å². The third kappa shape index (κ3) is 11.6. The summed E-state index contributed by atoms with van der Waals surface area (Å²) in [5, 5.41) is 18.4. The SMILES string of the molecule is COC(=O)CCCCC(=O)OC(C(=O)O)C(OC(=O)CCCCC(=O)OC)C(=O)O. The van der Waals surface area contributed by atoms with Gasteiger partial charge in [-0.2, -0.15) is 0 Å². The van der Waals surface area contributed by atoms with Crippen LogP contribution in [0.1, 0.15) is 51.4 Å². The maximum atomic E-state index is 11.8. The summed E-state index contributed by atoms with van der Waals surface area (Å²) in [5.41, 5.74) is 0. The first-order valence-corrected chi connectivity index (χ1v) is 9.10. The minimum Gasteiger partial charge on any atom is -0.478 e. The van der Waals surface area contributed by atoms with Crippen LogP contribution in [0.5, 0.6) is 0 Å². The monoisotopic (exact) mass is 434 g/mol. The molecule has 0 aromatic heterocycles. The number of methoxy groups -OCH3 is 2. The molecule has 0 spiro atoms. The van der Waals surface area contributed by atoms with Crippen LogP contribution >= 0.6 is 0 Å². The van der Waals surface area contributed by atoms with Crippen LogP contribution in [0.4, 0.5) is 0 Å². The van der Waals surface area contributed by atoms with E-state index in [4.69, 9.17) is 0 Å². The van der Waals surface area contributed by atoms with Gasteiger partial charge in [-0.15, -0.1) is 0 Å². The van der Waals surface area contributed by atoms with Crippen molar-refractivity contribution in [2.75, 3.05) is 14.2 Å². The van der Waals surface area contributed by atoms with Gasteiger partial charge in [0, 0.05) is 25.7 Å². The lowest BCUT2D eigenvalue weighted by atomic mass is 10.1. The van der Waals surface area contributed by atoms with Gasteiger partial charge in [0.15, 0.2) is 0 Å². The maximum Gasteiger partial charge on any atom is 0.349 e. The van der Waals surface area contributed by atoms with Crippen LogP contribution < -0.4 is 0 Å². The molecule has 0 saturated heterocycles. The van der Waals surface area contributed by atoms with Gasteiger partial charge in [-0.25, -0.2) is 9.59 Å². The molecule has 170 valence electrons. The number of esters is 4. The molecule has 0 aromatic carbocycles. The molecule has 0 saturated carbocycles. The molecule has 0 radical (unpaired) electrons. The molecule has 0 rings (SSSR count). The Morgan fingerprint density at radius 2 is 0.833 bits per heavy atom. The lowest BCUT2D eigenvalue weighted by Crippen LogP contribution is -2.45. The highest BCUT2D eigenvalue weighted by Crippen LogP contribution is 2.12. The van der Waals surface area contributed by atoms with Gasteiger partial charge in [-0.3, -0.25) is 19.2 Å². The summed E-state index contributed by atoms with van der Waals surface area (Å²) in [6.45, 7) is 0. The van der Waals surface area contributed by atoms with Gasteiger partial charge in [0.2, 0.25) is 12.2 Å². The first kappa shape index (κ1) is 26.8. The highest BCUT2D eigenvalue weighted by molar-refractivity contribution is 5.87. The molecule has 12 heteroatoms. The Labute approximate surface area is 172 Å². The minimum atomic E-state index is -2.24. The van der Waals surface area contributed by atoms with E-state index in [0.29, 0.717) is 0 Å². The molecule has 0 bridgehead atoms. The molecular formula is C18H26O12. The summed E-state index contributed by atoms with van der Waals surface area (Å²) >= 11 is 0. The molecule has 0 aliphatic heterocycles. The predicted octanol–water partition coefficient (Wildman–Crippen LogP) is 0.446. The number of hydrogen-bond donors (Lipinski definition) is 2. The van der Waals surface area contributed by atoms with Gasteiger partial charge in [-0.05, 0) is 25.7 Å². The second kappa shape index (κ2) is 14.8. The lowest BCUT2D eigenvalue weighted by molar-refractivity contribution is -0.187. The number of aliphatic carboxylic acids is 2. The number of hydrogen-bond acceptors (Lipinski definition) is 10. The first-order valence-electron chi connectivity index (χ1n) is 9.10. The van der Waals surface area contributed by atoms with E-state index in [-0.39, 0.29) is 51.4 Å². The second-order valence-corrected chi connectivity index (χ2v) is 6.06. The van der Waals surface area contributed by atoms with Crippen molar-refractivity contribution in [2.24, 2.45) is 0 Å². The molecule has 0 fully saturated rings. The Balaban J connectivity index is 4.68. The van der Waals surface area contributed by atoms with Crippen LogP contribution in [-0.2, 0) is 47.7 Å². The van der Waals surface area contributed by atoms with Crippen LogP contribution in [-0.4, -0.2) is 72.5 Å². The van der Waals surface area contributed by atoms with E-state index in [1.165, 1.54) is 14.2 Å². The Hall–Kier alpha value is -3.18. The molecule has 0 heterocycles. The van der Waals surface area contributed by atoms with Gasteiger partial charge in [0.1, 0.15) is 0 Å². The summed E-state index contributed by atoms with van der Waals surface area (Å²) in [4.78, 5) is 68.3. The average Bonchev–Trinajstić information content (AvgIpc) is 2.70. The van der Waals surface area contributed by atoms with Gasteiger partial charge in [-0.1, -0.05) is 0 Å². The average molecular weight is 434 g/mol. The predicted molar refractivity (Wildman–Crippen MR) is 96.0 cm³/mol. The Morgan fingerprint density at radius 3 is 1.07 bits per heavy atom. The van der Waals surface area contributed by atoms with E-state index >= 15 is 0 Å². The van der Waals surface area contributed by atoms with Crippen molar-refractivity contribution >= 4 is 35.8 Å². The largest absolute Gasteiger partial charge is 0.478 e. The van der Waals surface area contributed by atoms with Crippen LogP contribution in [0.2, 0.25) is 0 Å². The van der Waals surface area contributed by atoms with E-state index in [1.54, 1.807) is 0 Å². The summed E-state index contributed by atoms with van der Waals surface area (Å²) in [6.07, 6.45) is -4.00. The molecule has 0 aliphatic rings. The van der Waals surface area contributed by atoms with Gasteiger partial charge < -0.3 is 29.2 Å². The third-order valence-corrected chi connectivity index (χ3v) is 3.76. The van der Waals surface area contributed by atoms with E-state index in [9.17, 15) is 39.0 Å². The molecule has 30 heavy (non-hydrogen) atoms. The number of carbonyl (C=O) groups excluding carboxylic acids is 4. The molecule has 0 amide bonds. The standard InChI is InChI=1S/C18H26O12/c1-27-11(19)7-3-5-9-13(21)29-15(17(23)24)16(18(25)26)30-14(22)10-6-4-8-12(20)28-2/h15-16H,3-10H2,1-2H3,(H,23,24)(H,25,26). The normalized spacial score (nSPS) is 12.2. The molecule has 12 nitrogen and oxygen atoms in total. The smallest absolute Gasteiger partial charge is 0.349 e. The number of carboxylic acid groups (broad SMARTS) is 2. The van der Waals surface area contributed by atoms with Gasteiger partial charge >= 0.3 is 35.8 Å². The third-order valence-electron chi connectivity index (χ3n) is 3.76. The fourth-order valence-corrected chi connectivity index (χ4v) is 2.17. The van der Waals surface area contributed by atoms with Crippen molar-refractivity contribution in [1.82, 2.24) is 0 Å². The zero-order valence-corrected chi connectivity index (χ0v) is 16.8. The highest BCUT2D eigenvalue weighted by Gasteiger charge is 2.40. The van der Waals surface area contributed by atoms with E-state index < -0.39 is 48.0 Å². The fourth-order valence-electron chi connectivity index (χ4n) is 2.17. The molecule has 0 aliphatic carbocycles. The second-order valence-electron chi connectivity index (χ2n) is 6.06. The van der Waals surface area contributed by atoms with E-state index in [2.05, 4.69) is 18.9 Å². The van der Waals surface area contributed by atoms with Crippen molar-refractivity contribution < 1.29 is 57.9 Å². The first-order chi connectivity index (χ1) is 14.1. The minimum absolute atomic E-state index is 0.0531. The Morgan fingerprint density at radius 1 is 0.567 bits per heavy atom. The zero-order chi connectivity index (χ0) is 23.1. The van der Waals surface area contributed by atoms with Crippen molar-refractivity contribution in [3.8, 4) is 0 Å². The lowest BCUT2D eigenvalue weighted by Gasteiger charge is -2.21. The van der Waals surface area contributed by atoms with Crippen molar-refractivity contribution in [1.29, 1.82) is 0 Å². The Kier molecular flexibility index (Phi) is 13.2. The van der Waals surface area contributed by atoms with E-state index in [0.717, 1.165) is 0 Å². The van der Waals surface area contributed by atoms with Gasteiger partial charge in [0.25, 0.3) is 0 Å². The van der Waals surface area contributed by atoms with E-state index in [1.807, 2.05) is 0 Å². The maximum absolute atomic E-state index is 11.8. The summed E-state index contributed by atoms with van der Waals surface area (Å²) in [5.74, 6) is -6.60. The number of ether oxygens (including phenoxy) is 4. The van der Waals surface area contributed by atoms with Crippen molar-refractivity contribution in [3.63, 3.8) is 0 Å². The quantitative estimate of drug-likeness (QED) is 0.207. The zero-order valence-electron chi connectivity index (χ0n) is 16.8. The summed E-state index contributed by atoms with van der Waals surface area (Å²) in [7, 11) is 2.42. The van der Waals surface area contributed by atoms with Crippen LogP contribution in [0, 0.1) is 0 Å². The topological polar surface area (TPSA) is 180 Å². The van der Waals surface area contributed by atoms with Crippen LogP contribution in [0.25, 0.3) is 0 Å². The summed E-state index contributed by atoms with van der Waals surface area (Å²) < 4.78 is 18.2. The summed E-state index contributed by atoms with van der Waals surface area (Å²) in [6, 6.07) is 0. The van der Waals surface area contributed by atoms with Crippen LogP contribution in [0.15, 0.2) is 0 Å². The highest BCUT2D eigenvalue weighted by atomic mass is 16.6. The number of carboxylic acids is 2. The Bertz CT molecular complexity index is 573. The fraction of sp³-hybridized carbons (Fsp3) is 0.667. The molecular weight excluding hydrogens is 408 g/mol. The molecule has 0 aromatic rings. The van der Waals surface area contributed by atoms with Crippen molar-refractivity contribution in [2.45, 2.75) is 63.6 Å². The number of unbranched alkanes of at least 4 members (excludes halogenated alkanes) is 2. The van der Waals surface area contributed by atoms with Crippen LogP contribution in [0.3, 0.4) is 0 Å². The molecule has 2 atom stereocenters. The number of rotatable bonds is 15. The molecule has 2 N–H and O–H groups in total. The van der Waals surface area contributed by atoms with Gasteiger partial charge in [0.05, 0.1) is 14.2 Å². The molecule has 2 unspecified atom stereocenters.